The second kappa shape index (κ2) is 10.5. The van der Waals surface area contributed by atoms with Crippen molar-refractivity contribution in [1.29, 1.82) is 0 Å². The molecule has 0 saturated carbocycles. The zero-order valence-electron chi connectivity index (χ0n) is 16.0. The number of hydrogen-bond acceptors (Lipinski definition) is 5. The van der Waals surface area contributed by atoms with Crippen molar-refractivity contribution in [3.63, 3.8) is 0 Å². The van der Waals surface area contributed by atoms with Gasteiger partial charge in [0.05, 0.1) is 13.2 Å². The summed E-state index contributed by atoms with van der Waals surface area (Å²) in [4.78, 5) is 15.5. The fourth-order valence-corrected chi connectivity index (χ4v) is 3.43. The molecule has 27 heavy (non-hydrogen) atoms. The first kappa shape index (κ1) is 20.7. The highest BCUT2D eigenvalue weighted by Gasteiger charge is 2.15. The van der Waals surface area contributed by atoms with Crippen LogP contribution in [0.4, 0.5) is 0 Å². The topological polar surface area (TPSA) is 50.8 Å². The molecule has 1 N–H and O–H groups in total. The van der Waals surface area contributed by atoms with Gasteiger partial charge in [-0.3, -0.25) is 4.79 Å². The molecule has 1 unspecified atom stereocenters. The molecule has 1 atom stereocenters. The lowest BCUT2D eigenvalue weighted by molar-refractivity contribution is -0.116. The molecule has 0 saturated heterocycles. The first-order valence-electron chi connectivity index (χ1n) is 8.62. The van der Waals surface area contributed by atoms with E-state index in [-0.39, 0.29) is 11.9 Å². The minimum absolute atomic E-state index is 0.135. The van der Waals surface area contributed by atoms with Gasteiger partial charge in [0.1, 0.15) is 6.61 Å². The average Bonchev–Trinajstić information content (AvgIpc) is 3.19. The number of amides is 1. The summed E-state index contributed by atoms with van der Waals surface area (Å²) in [6, 6.07) is 9.78. The van der Waals surface area contributed by atoms with Crippen LogP contribution in [0.1, 0.15) is 16.5 Å². The summed E-state index contributed by atoms with van der Waals surface area (Å²) in [5.74, 6) is 1.12. The van der Waals surface area contributed by atoms with Crippen LogP contribution in [0.5, 0.6) is 11.5 Å². The minimum atomic E-state index is -0.135. The van der Waals surface area contributed by atoms with Crippen molar-refractivity contribution in [1.82, 2.24) is 10.2 Å². The molecular formula is C21H26N2O3S. The van der Waals surface area contributed by atoms with Crippen molar-refractivity contribution in [2.45, 2.75) is 6.04 Å². The Bertz CT molecular complexity index is 770. The summed E-state index contributed by atoms with van der Waals surface area (Å²) in [7, 11) is 5.60. The molecular weight excluding hydrogens is 360 g/mol. The van der Waals surface area contributed by atoms with E-state index in [1.807, 2.05) is 43.7 Å². The van der Waals surface area contributed by atoms with Gasteiger partial charge in [-0.1, -0.05) is 24.8 Å². The van der Waals surface area contributed by atoms with Gasteiger partial charge in [0, 0.05) is 17.5 Å². The number of nitrogens with one attached hydrogen (secondary N) is 1. The number of carbonyl (C=O) groups excluding carboxylic acids is 1. The van der Waals surface area contributed by atoms with Crippen LogP contribution in [0.15, 0.2) is 54.4 Å². The molecule has 1 amide bonds. The van der Waals surface area contributed by atoms with E-state index in [4.69, 9.17) is 9.47 Å². The molecule has 1 aromatic heterocycles. The molecule has 5 nitrogen and oxygen atoms in total. The lowest BCUT2D eigenvalue weighted by Gasteiger charge is -2.23. The first-order chi connectivity index (χ1) is 13.0. The van der Waals surface area contributed by atoms with Gasteiger partial charge in [0.15, 0.2) is 11.5 Å². The molecule has 1 heterocycles. The molecule has 1 aromatic carbocycles. The SMILES string of the molecule is C=CCOc1ccc(C=CC(=O)NCC(c2cccs2)N(C)C)cc1OC. The number of methoxy groups -OCH3 is 1. The number of carbonyl (C=O) groups is 1. The lowest BCUT2D eigenvalue weighted by Crippen LogP contribution is -2.33. The molecule has 144 valence electrons. The second-order valence-electron chi connectivity index (χ2n) is 6.08. The molecule has 2 aromatic rings. The van der Waals surface area contributed by atoms with Crippen molar-refractivity contribution in [2.75, 3.05) is 34.4 Å². The normalized spacial score (nSPS) is 12.1. The Kier molecular flexibility index (Phi) is 8.10. The molecule has 0 fully saturated rings. The third-order valence-electron chi connectivity index (χ3n) is 3.94. The number of likely N-dealkylation sites (N-methyl/N-ethyl adjacent to an activating group) is 1. The highest BCUT2D eigenvalue weighted by Crippen LogP contribution is 2.28. The Hall–Kier alpha value is -2.57. The maximum Gasteiger partial charge on any atom is 0.244 e. The van der Waals surface area contributed by atoms with Crippen LogP contribution in [0.2, 0.25) is 0 Å². The summed E-state index contributed by atoms with van der Waals surface area (Å²) in [5, 5.41) is 5.01. The van der Waals surface area contributed by atoms with E-state index in [2.05, 4.69) is 22.9 Å². The third kappa shape index (κ3) is 6.27. The van der Waals surface area contributed by atoms with Gasteiger partial charge >= 0.3 is 0 Å². The van der Waals surface area contributed by atoms with Crippen LogP contribution >= 0.6 is 11.3 Å². The van der Waals surface area contributed by atoms with Crippen LogP contribution < -0.4 is 14.8 Å². The molecule has 0 aliphatic heterocycles. The van der Waals surface area contributed by atoms with Crippen LogP contribution in [-0.4, -0.2) is 45.2 Å². The zero-order valence-corrected chi connectivity index (χ0v) is 16.8. The van der Waals surface area contributed by atoms with Crippen molar-refractivity contribution in [2.24, 2.45) is 0 Å². The van der Waals surface area contributed by atoms with Crippen molar-refractivity contribution in [3.8, 4) is 11.5 Å². The monoisotopic (exact) mass is 386 g/mol. The fourth-order valence-electron chi connectivity index (χ4n) is 2.50. The fraction of sp³-hybridized carbons (Fsp3) is 0.286. The number of rotatable bonds is 10. The number of ether oxygens (including phenoxy) is 2. The molecule has 0 spiro atoms. The molecule has 0 bridgehead atoms. The highest BCUT2D eigenvalue weighted by molar-refractivity contribution is 7.10. The smallest absolute Gasteiger partial charge is 0.244 e. The van der Waals surface area contributed by atoms with E-state index < -0.39 is 0 Å². The number of benzene rings is 1. The number of nitrogens with zero attached hydrogens (tertiary/aromatic N) is 1. The van der Waals surface area contributed by atoms with E-state index in [0.29, 0.717) is 24.7 Å². The molecule has 6 heteroatoms. The Morgan fingerprint density at radius 2 is 2.15 bits per heavy atom. The Labute approximate surface area is 164 Å². The molecule has 0 aliphatic carbocycles. The maximum absolute atomic E-state index is 12.2. The number of hydrogen-bond donors (Lipinski definition) is 1. The van der Waals surface area contributed by atoms with Gasteiger partial charge in [0.2, 0.25) is 5.91 Å². The van der Waals surface area contributed by atoms with E-state index in [9.17, 15) is 4.79 Å². The lowest BCUT2D eigenvalue weighted by atomic mass is 10.2. The first-order valence-corrected chi connectivity index (χ1v) is 9.50. The minimum Gasteiger partial charge on any atom is -0.493 e. The van der Waals surface area contributed by atoms with Gasteiger partial charge in [-0.25, -0.2) is 0 Å². The summed E-state index contributed by atoms with van der Waals surface area (Å²) < 4.78 is 10.9. The predicted molar refractivity (Wildman–Crippen MR) is 111 cm³/mol. The average molecular weight is 387 g/mol. The van der Waals surface area contributed by atoms with Gasteiger partial charge in [-0.15, -0.1) is 11.3 Å². The van der Waals surface area contributed by atoms with Gasteiger partial charge in [0.25, 0.3) is 0 Å². The maximum atomic E-state index is 12.2. The van der Waals surface area contributed by atoms with Crippen LogP contribution in [0.3, 0.4) is 0 Å². The molecule has 0 aliphatic rings. The van der Waals surface area contributed by atoms with Crippen molar-refractivity contribution >= 4 is 23.3 Å². The quantitative estimate of drug-likeness (QED) is 0.499. The van der Waals surface area contributed by atoms with E-state index in [0.717, 1.165) is 5.56 Å². The Morgan fingerprint density at radius 1 is 1.33 bits per heavy atom. The molecule has 2 rings (SSSR count). The predicted octanol–water partition coefficient (Wildman–Crippen LogP) is 3.75. The Morgan fingerprint density at radius 3 is 2.78 bits per heavy atom. The summed E-state index contributed by atoms with van der Waals surface area (Å²) in [6.07, 6.45) is 4.96. The molecule has 0 radical (unpaired) electrons. The van der Waals surface area contributed by atoms with Crippen LogP contribution in [-0.2, 0) is 4.79 Å². The van der Waals surface area contributed by atoms with Crippen molar-refractivity contribution < 1.29 is 14.3 Å². The second-order valence-corrected chi connectivity index (χ2v) is 7.06. The van der Waals surface area contributed by atoms with E-state index >= 15 is 0 Å². The summed E-state index contributed by atoms with van der Waals surface area (Å²) in [6.45, 7) is 4.59. The van der Waals surface area contributed by atoms with Crippen molar-refractivity contribution in [3.05, 3.63) is 64.9 Å². The number of thiophene rings is 1. The van der Waals surface area contributed by atoms with Gasteiger partial charge in [-0.05, 0) is 49.3 Å². The standard InChI is InChI=1S/C21H26N2O3S/c1-5-12-26-18-10-8-16(14-19(18)25-4)9-11-21(24)22-15-17(23(2)3)20-7-6-13-27-20/h5-11,13-14,17H,1,12,15H2,2-4H3,(H,22,24). The van der Waals surface area contributed by atoms with E-state index in [1.54, 1.807) is 30.6 Å². The van der Waals surface area contributed by atoms with Gasteiger partial charge in [-0.2, -0.15) is 0 Å². The largest absolute Gasteiger partial charge is 0.493 e. The van der Waals surface area contributed by atoms with Crippen LogP contribution in [0, 0.1) is 0 Å². The third-order valence-corrected chi connectivity index (χ3v) is 4.91. The van der Waals surface area contributed by atoms with Gasteiger partial charge < -0.3 is 19.7 Å². The summed E-state index contributed by atoms with van der Waals surface area (Å²) in [5.41, 5.74) is 0.857. The highest BCUT2D eigenvalue weighted by atomic mass is 32.1. The van der Waals surface area contributed by atoms with E-state index in [1.165, 1.54) is 11.0 Å². The zero-order chi connectivity index (χ0) is 19.6. The summed E-state index contributed by atoms with van der Waals surface area (Å²) >= 11 is 1.69. The van der Waals surface area contributed by atoms with Crippen LogP contribution in [0.25, 0.3) is 6.08 Å². The Balaban J connectivity index is 1.96.